The highest BCUT2D eigenvalue weighted by atomic mass is 16.5. The van der Waals surface area contributed by atoms with E-state index in [1.54, 1.807) is 0 Å². The minimum absolute atomic E-state index is 0.0625. The molecule has 0 saturated carbocycles. The van der Waals surface area contributed by atoms with Gasteiger partial charge in [0.2, 0.25) is 0 Å². The molecule has 1 aromatic rings. The molecule has 0 heterocycles. The van der Waals surface area contributed by atoms with Crippen LogP contribution < -0.4 is 10.1 Å². The second kappa shape index (κ2) is 8.26. The van der Waals surface area contributed by atoms with Crippen molar-refractivity contribution in [3.8, 4) is 5.75 Å². The van der Waals surface area contributed by atoms with E-state index in [9.17, 15) is 9.59 Å². The first kappa shape index (κ1) is 17.8. The van der Waals surface area contributed by atoms with Crippen LogP contribution in [-0.2, 0) is 16.0 Å². The Kier molecular flexibility index (Phi) is 6.69. The van der Waals surface area contributed by atoms with E-state index in [0.717, 1.165) is 11.3 Å². The number of hydrogen-bond donors (Lipinski definition) is 2. The summed E-state index contributed by atoms with van der Waals surface area (Å²) < 4.78 is 10.7. The first-order valence-electron chi connectivity index (χ1n) is 7.16. The van der Waals surface area contributed by atoms with Crippen LogP contribution in [0.15, 0.2) is 24.3 Å². The summed E-state index contributed by atoms with van der Waals surface area (Å²) in [7, 11) is 0. The van der Waals surface area contributed by atoms with Crippen molar-refractivity contribution in [1.82, 2.24) is 5.32 Å². The number of carboxylic acid groups (broad SMARTS) is 1. The number of carbonyl (C=O) groups excluding carboxylic acids is 1. The highest BCUT2D eigenvalue weighted by Crippen LogP contribution is 2.18. The first-order valence-corrected chi connectivity index (χ1v) is 7.16. The van der Waals surface area contributed by atoms with Gasteiger partial charge in [0.15, 0.2) is 0 Å². The largest absolute Gasteiger partial charge is 0.488 e. The minimum atomic E-state index is -0.960. The second-order valence-electron chi connectivity index (χ2n) is 5.81. The van der Waals surface area contributed by atoms with Crippen molar-refractivity contribution >= 4 is 12.1 Å². The Balaban J connectivity index is 2.27. The summed E-state index contributed by atoms with van der Waals surface area (Å²) in [6, 6.07) is 7.61. The highest BCUT2D eigenvalue weighted by molar-refractivity contribution is 5.70. The fourth-order valence-corrected chi connectivity index (χ4v) is 1.66. The first-order chi connectivity index (χ1) is 10.3. The number of carbonyl (C=O) groups is 2. The van der Waals surface area contributed by atoms with Crippen molar-refractivity contribution in [3.05, 3.63) is 29.8 Å². The van der Waals surface area contributed by atoms with Crippen LogP contribution in [0.1, 0.15) is 32.8 Å². The third-order valence-electron chi connectivity index (χ3n) is 2.58. The Morgan fingerprint density at radius 3 is 2.36 bits per heavy atom. The lowest BCUT2D eigenvalue weighted by molar-refractivity contribution is -0.136. The highest BCUT2D eigenvalue weighted by Gasteiger charge is 2.11. The molecule has 0 radical (unpaired) electrons. The van der Waals surface area contributed by atoms with Crippen LogP contribution in [0.25, 0.3) is 0 Å². The van der Waals surface area contributed by atoms with E-state index in [4.69, 9.17) is 14.6 Å². The number of carboxylic acids is 1. The molecule has 0 aromatic heterocycles. The molecule has 0 aliphatic carbocycles. The lowest BCUT2D eigenvalue weighted by Crippen LogP contribution is -2.27. The zero-order valence-electron chi connectivity index (χ0n) is 13.2. The molecular formula is C16H23NO5. The number of hydrogen-bond acceptors (Lipinski definition) is 4. The van der Waals surface area contributed by atoms with Crippen molar-refractivity contribution in [2.24, 2.45) is 0 Å². The van der Waals surface area contributed by atoms with Gasteiger partial charge in [-0.1, -0.05) is 12.1 Å². The van der Waals surface area contributed by atoms with Crippen molar-refractivity contribution in [2.75, 3.05) is 13.2 Å². The number of benzene rings is 1. The van der Waals surface area contributed by atoms with Crippen molar-refractivity contribution < 1.29 is 24.2 Å². The zero-order valence-corrected chi connectivity index (χ0v) is 13.2. The molecule has 6 heteroatoms. The molecule has 1 rings (SSSR count). The molecule has 1 amide bonds. The number of amides is 1. The van der Waals surface area contributed by atoms with Crippen LogP contribution in [0.3, 0.4) is 0 Å². The maximum atomic E-state index is 11.3. The molecule has 22 heavy (non-hydrogen) atoms. The van der Waals surface area contributed by atoms with E-state index in [1.165, 1.54) is 0 Å². The molecule has 0 atom stereocenters. The molecule has 2 N–H and O–H groups in total. The summed E-state index contributed by atoms with van der Waals surface area (Å²) >= 11 is 0. The number of alkyl carbamates (subject to hydrolysis) is 1. The van der Waals surface area contributed by atoms with Gasteiger partial charge in [0, 0.05) is 13.0 Å². The van der Waals surface area contributed by atoms with Crippen molar-refractivity contribution in [3.63, 3.8) is 0 Å². The standard InChI is InChI=1S/C16H23NO5/c1-16(2,3)22-13-6-4-12(5-7-13)9-11-21-15(20)17-10-8-14(18)19/h4-7H,8-11H2,1-3H3,(H,17,20)(H,18,19). The van der Waals surface area contributed by atoms with Crippen LogP contribution in [-0.4, -0.2) is 35.9 Å². The topological polar surface area (TPSA) is 84.9 Å². The SMILES string of the molecule is CC(C)(C)Oc1ccc(CCOC(=O)NCCC(=O)O)cc1. The van der Waals surface area contributed by atoms with E-state index in [2.05, 4.69) is 5.32 Å². The summed E-state index contributed by atoms with van der Waals surface area (Å²) in [6.07, 6.45) is -0.138. The van der Waals surface area contributed by atoms with Gasteiger partial charge < -0.3 is 19.9 Å². The average molecular weight is 309 g/mol. The van der Waals surface area contributed by atoms with E-state index >= 15 is 0 Å². The summed E-state index contributed by atoms with van der Waals surface area (Å²) in [5.41, 5.74) is 0.790. The second-order valence-corrected chi connectivity index (χ2v) is 5.81. The van der Waals surface area contributed by atoms with Crippen LogP contribution >= 0.6 is 0 Å². The molecule has 0 fully saturated rings. The van der Waals surface area contributed by atoms with Crippen LogP contribution in [0, 0.1) is 0 Å². The lowest BCUT2D eigenvalue weighted by atomic mass is 10.1. The quantitative estimate of drug-likeness (QED) is 0.808. The summed E-state index contributed by atoms with van der Waals surface area (Å²) in [4.78, 5) is 21.6. The fraction of sp³-hybridized carbons (Fsp3) is 0.500. The van der Waals surface area contributed by atoms with Crippen molar-refractivity contribution in [1.29, 1.82) is 0 Å². The Bertz CT molecular complexity index is 490. The summed E-state index contributed by atoms with van der Waals surface area (Å²) in [6.45, 7) is 6.25. The molecule has 0 aliphatic heterocycles. The minimum Gasteiger partial charge on any atom is -0.488 e. The van der Waals surface area contributed by atoms with Gasteiger partial charge in [-0.2, -0.15) is 0 Å². The molecule has 0 bridgehead atoms. The normalized spacial score (nSPS) is 10.9. The van der Waals surface area contributed by atoms with Crippen LogP contribution in [0.2, 0.25) is 0 Å². The predicted octanol–water partition coefficient (Wildman–Crippen LogP) is 2.61. The smallest absolute Gasteiger partial charge is 0.407 e. The van der Waals surface area contributed by atoms with Gasteiger partial charge in [-0.05, 0) is 38.5 Å². The maximum Gasteiger partial charge on any atom is 0.407 e. The molecule has 0 unspecified atom stereocenters. The number of aliphatic carboxylic acids is 1. The lowest BCUT2D eigenvalue weighted by Gasteiger charge is -2.21. The predicted molar refractivity (Wildman–Crippen MR) is 82.1 cm³/mol. The fourth-order valence-electron chi connectivity index (χ4n) is 1.66. The Morgan fingerprint density at radius 1 is 1.18 bits per heavy atom. The van der Waals surface area contributed by atoms with Gasteiger partial charge in [-0.25, -0.2) is 4.79 Å². The monoisotopic (exact) mass is 309 g/mol. The maximum absolute atomic E-state index is 11.3. The average Bonchev–Trinajstić information content (AvgIpc) is 2.38. The van der Waals surface area contributed by atoms with E-state index in [1.807, 2.05) is 45.0 Å². The Labute approximate surface area is 130 Å². The van der Waals surface area contributed by atoms with E-state index in [0.29, 0.717) is 6.42 Å². The van der Waals surface area contributed by atoms with Gasteiger partial charge in [0.25, 0.3) is 0 Å². The number of ether oxygens (including phenoxy) is 2. The van der Waals surface area contributed by atoms with Gasteiger partial charge in [-0.15, -0.1) is 0 Å². The molecule has 1 aromatic carbocycles. The molecule has 122 valence electrons. The van der Waals surface area contributed by atoms with Gasteiger partial charge in [0.05, 0.1) is 13.0 Å². The van der Waals surface area contributed by atoms with Gasteiger partial charge in [0.1, 0.15) is 11.4 Å². The van der Waals surface area contributed by atoms with E-state index in [-0.39, 0.29) is 25.2 Å². The zero-order chi connectivity index (χ0) is 16.6. The third kappa shape index (κ3) is 8.14. The van der Waals surface area contributed by atoms with Crippen molar-refractivity contribution in [2.45, 2.75) is 39.2 Å². The van der Waals surface area contributed by atoms with Crippen LogP contribution in [0.5, 0.6) is 5.75 Å². The van der Waals surface area contributed by atoms with Crippen LogP contribution in [0.4, 0.5) is 4.79 Å². The van der Waals surface area contributed by atoms with E-state index < -0.39 is 12.1 Å². The van der Waals surface area contributed by atoms with Gasteiger partial charge >= 0.3 is 12.1 Å². The molecule has 0 saturated heterocycles. The molecule has 6 nitrogen and oxygen atoms in total. The summed E-state index contributed by atoms with van der Waals surface area (Å²) in [5, 5.41) is 10.8. The third-order valence-corrected chi connectivity index (χ3v) is 2.58. The number of rotatable bonds is 7. The molecular weight excluding hydrogens is 286 g/mol. The summed E-state index contributed by atoms with van der Waals surface area (Å²) in [5.74, 6) is -0.165. The molecule has 0 spiro atoms. The van der Waals surface area contributed by atoms with Gasteiger partial charge in [-0.3, -0.25) is 4.79 Å². The number of nitrogens with one attached hydrogen (secondary N) is 1. The Morgan fingerprint density at radius 2 is 1.82 bits per heavy atom. The molecule has 0 aliphatic rings. The Hall–Kier alpha value is -2.24.